The summed E-state index contributed by atoms with van der Waals surface area (Å²) in [5.74, 6) is -0.902. The minimum Gasteiger partial charge on any atom is -0.484 e. The van der Waals surface area contributed by atoms with Gasteiger partial charge in [-0.05, 0) is 55.2 Å². The van der Waals surface area contributed by atoms with Gasteiger partial charge in [-0.1, -0.05) is 18.2 Å². The highest BCUT2D eigenvalue weighted by Gasteiger charge is 2.27. The van der Waals surface area contributed by atoms with E-state index in [1.54, 1.807) is 22.8 Å². The molecule has 6 nitrogen and oxygen atoms in total. The molecule has 4 rings (SSSR count). The van der Waals surface area contributed by atoms with Crippen molar-refractivity contribution in [3.63, 3.8) is 0 Å². The maximum absolute atomic E-state index is 13.8. The summed E-state index contributed by atoms with van der Waals surface area (Å²) >= 11 is 0. The van der Waals surface area contributed by atoms with E-state index in [9.17, 15) is 19.1 Å². The van der Waals surface area contributed by atoms with Gasteiger partial charge in [0.1, 0.15) is 18.1 Å². The topological polar surface area (TPSA) is 80.6 Å². The summed E-state index contributed by atoms with van der Waals surface area (Å²) in [7, 11) is 0. The standard InChI is InChI=1S/C22H21FN2O4/c23-14-6-8-19-17(10-14)18-11-15(7-9-20(18)25(19)12-22(27)28)24-21(26)13-29-16-4-2-1-3-5-16/h1-6,8,10,15H,7,9,11-13H2,(H,24,26)(H,27,28)/t15-/m0/s1. The minimum atomic E-state index is -0.942. The lowest BCUT2D eigenvalue weighted by Gasteiger charge is -2.25. The van der Waals surface area contributed by atoms with E-state index in [0.29, 0.717) is 35.9 Å². The second kappa shape index (κ2) is 7.95. The van der Waals surface area contributed by atoms with Crippen LogP contribution in [0.2, 0.25) is 0 Å². The molecule has 0 radical (unpaired) electrons. The molecular formula is C22H21FN2O4. The number of para-hydroxylation sites is 1. The van der Waals surface area contributed by atoms with Gasteiger partial charge < -0.3 is 19.7 Å². The number of aromatic nitrogens is 1. The molecule has 2 N–H and O–H groups in total. The molecule has 1 aliphatic carbocycles. The highest BCUT2D eigenvalue weighted by molar-refractivity contribution is 5.87. The van der Waals surface area contributed by atoms with E-state index >= 15 is 0 Å². The van der Waals surface area contributed by atoms with Crippen molar-refractivity contribution in [3.05, 3.63) is 65.6 Å². The average molecular weight is 396 g/mol. The number of ether oxygens (including phenoxy) is 1. The van der Waals surface area contributed by atoms with E-state index < -0.39 is 5.97 Å². The number of halogens is 1. The monoisotopic (exact) mass is 396 g/mol. The molecular weight excluding hydrogens is 375 g/mol. The van der Waals surface area contributed by atoms with E-state index in [0.717, 1.165) is 11.3 Å². The number of carboxylic acid groups (broad SMARTS) is 1. The molecule has 0 spiro atoms. The van der Waals surface area contributed by atoms with Gasteiger partial charge in [-0.25, -0.2) is 4.39 Å². The van der Waals surface area contributed by atoms with Crippen molar-refractivity contribution in [1.29, 1.82) is 0 Å². The summed E-state index contributed by atoms with van der Waals surface area (Å²) in [6.07, 6.45) is 1.82. The van der Waals surface area contributed by atoms with Gasteiger partial charge in [0.05, 0.1) is 0 Å². The Morgan fingerprint density at radius 2 is 2.00 bits per heavy atom. The first-order valence-electron chi connectivity index (χ1n) is 9.50. The average Bonchev–Trinajstić information content (AvgIpc) is 2.99. The predicted molar refractivity (Wildman–Crippen MR) is 105 cm³/mol. The summed E-state index contributed by atoms with van der Waals surface area (Å²) in [5.41, 5.74) is 2.51. The largest absolute Gasteiger partial charge is 0.484 e. The fourth-order valence-corrected chi connectivity index (χ4v) is 4.00. The lowest BCUT2D eigenvalue weighted by molar-refractivity contribution is -0.137. The molecule has 1 aromatic heterocycles. The van der Waals surface area contributed by atoms with Gasteiger partial charge in [0.15, 0.2) is 6.61 Å². The van der Waals surface area contributed by atoms with Crippen LogP contribution >= 0.6 is 0 Å². The molecule has 0 unspecified atom stereocenters. The number of benzene rings is 2. The maximum atomic E-state index is 13.8. The number of nitrogens with one attached hydrogen (secondary N) is 1. The smallest absolute Gasteiger partial charge is 0.323 e. The van der Waals surface area contributed by atoms with Crippen LogP contribution in [0.1, 0.15) is 17.7 Å². The number of carbonyl (C=O) groups is 2. The Labute approximate surface area is 166 Å². The summed E-state index contributed by atoms with van der Waals surface area (Å²) < 4.78 is 21.1. The zero-order valence-corrected chi connectivity index (χ0v) is 15.7. The predicted octanol–water partition coefficient (Wildman–Crippen LogP) is 2.92. The van der Waals surface area contributed by atoms with Crippen molar-refractivity contribution in [2.45, 2.75) is 31.8 Å². The molecule has 1 atom stereocenters. The molecule has 0 saturated carbocycles. The molecule has 1 amide bonds. The Kier molecular flexibility index (Phi) is 5.20. The minimum absolute atomic E-state index is 0.0806. The van der Waals surface area contributed by atoms with Crippen molar-refractivity contribution in [1.82, 2.24) is 9.88 Å². The number of amides is 1. The first kappa shape index (κ1) is 19.0. The number of fused-ring (bicyclic) bond motifs is 3. The van der Waals surface area contributed by atoms with E-state index in [1.807, 2.05) is 18.2 Å². The van der Waals surface area contributed by atoms with Crippen molar-refractivity contribution < 1.29 is 23.8 Å². The van der Waals surface area contributed by atoms with Gasteiger partial charge >= 0.3 is 5.97 Å². The summed E-state index contributed by atoms with van der Waals surface area (Å²) in [6.45, 7) is -0.248. The van der Waals surface area contributed by atoms with Crippen LogP contribution in [-0.2, 0) is 29.0 Å². The van der Waals surface area contributed by atoms with Gasteiger partial charge in [0, 0.05) is 22.6 Å². The van der Waals surface area contributed by atoms with Gasteiger partial charge in [0.25, 0.3) is 5.91 Å². The number of carboxylic acids is 1. The third-order valence-corrected chi connectivity index (χ3v) is 5.20. The SMILES string of the molecule is O=C(O)Cn1c2c(c3cc(F)ccc31)C[C@@H](NC(=O)COc1ccccc1)CC2. The summed E-state index contributed by atoms with van der Waals surface area (Å²) in [5, 5.41) is 12.9. The Hall–Kier alpha value is -3.35. The summed E-state index contributed by atoms with van der Waals surface area (Å²) in [6, 6.07) is 13.4. The number of hydrogen-bond acceptors (Lipinski definition) is 3. The molecule has 3 aromatic rings. The molecule has 150 valence electrons. The van der Waals surface area contributed by atoms with Gasteiger partial charge in [-0.2, -0.15) is 0 Å². The van der Waals surface area contributed by atoms with E-state index in [-0.39, 0.29) is 30.9 Å². The van der Waals surface area contributed by atoms with Crippen LogP contribution in [0.3, 0.4) is 0 Å². The third-order valence-electron chi connectivity index (χ3n) is 5.20. The second-order valence-electron chi connectivity index (χ2n) is 7.18. The first-order chi connectivity index (χ1) is 14.0. The Balaban J connectivity index is 1.50. The Morgan fingerprint density at radius 1 is 1.21 bits per heavy atom. The zero-order chi connectivity index (χ0) is 20.4. The lowest BCUT2D eigenvalue weighted by Crippen LogP contribution is -2.41. The number of aliphatic carboxylic acids is 1. The summed E-state index contributed by atoms with van der Waals surface area (Å²) in [4.78, 5) is 23.6. The van der Waals surface area contributed by atoms with E-state index in [2.05, 4.69) is 5.32 Å². The fourth-order valence-electron chi connectivity index (χ4n) is 4.00. The molecule has 29 heavy (non-hydrogen) atoms. The van der Waals surface area contributed by atoms with Crippen molar-refractivity contribution >= 4 is 22.8 Å². The normalized spacial score (nSPS) is 15.7. The fraction of sp³-hybridized carbons (Fsp3) is 0.273. The Morgan fingerprint density at radius 3 is 2.76 bits per heavy atom. The molecule has 0 saturated heterocycles. The number of carbonyl (C=O) groups excluding carboxylic acids is 1. The molecule has 1 aliphatic rings. The van der Waals surface area contributed by atoms with Crippen molar-refractivity contribution in [3.8, 4) is 5.75 Å². The molecule has 0 fully saturated rings. The van der Waals surface area contributed by atoms with E-state index in [4.69, 9.17) is 4.74 Å². The molecule has 0 bridgehead atoms. The van der Waals surface area contributed by atoms with Crippen LogP contribution < -0.4 is 10.1 Å². The molecule has 0 aliphatic heterocycles. The van der Waals surface area contributed by atoms with Crippen LogP contribution in [0, 0.1) is 5.82 Å². The van der Waals surface area contributed by atoms with Crippen LogP contribution in [0.15, 0.2) is 48.5 Å². The van der Waals surface area contributed by atoms with Crippen LogP contribution in [0.5, 0.6) is 5.75 Å². The van der Waals surface area contributed by atoms with Gasteiger partial charge in [-0.3, -0.25) is 9.59 Å². The number of rotatable bonds is 6. The molecule has 7 heteroatoms. The highest BCUT2D eigenvalue weighted by atomic mass is 19.1. The lowest BCUT2D eigenvalue weighted by atomic mass is 9.91. The molecule has 1 heterocycles. The Bertz CT molecular complexity index is 1060. The third kappa shape index (κ3) is 4.08. The van der Waals surface area contributed by atoms with Crippen LogP contribution in [0.4, 0.5) is 4.39 Å². The zero-order valence-electron chi connectivity index (χ0n) is 15.7. The van der Waals surface area contributed by atoms with Crippen molar-refractivity contribution in [2.24, 2.45) is 0 Å². The number of nitrogens with zero attached hydrogens (tertiary/aromatic N) is 1. The van der Waals surface area contributed by atoms with Gasteiger partial charge in [0.2, 0.25) is 0 Å². The van der Waals surface area contributed by atoms with Crippen LogP contribution in [0.25, 0.3) is 10.9 Å². The van der Waals surface area contributed by atoms with E-state index in [1.165, 1.54) is 12.1 Å². The first-order valence-corrected chi connectivity index (χ1v) is 9.50. The quantitative estimate of drug-likeness (QED) is 0.671. The second-order valence-corrected chi connectivity index (χ2v) is 7.18. The highest BCUT2D eigenvalue weighted by Crippen LogP contribution is 2.33. The molecule has 2 aromatic carbocycles. The maximum Gasteiger partial charge on any atom is 0.323 e. The number of hydrogen-bond donors (Lipinski definition) is 2. The van der Waals surface area contributed by atoms with Gasteiger partial charge in [-0.15, -0.1) is 0 Å². The van der Waals surface area contributed by atoms with Crippen molar-refractivity contribution in [2.75, 3.05) is 6.61 Å². The van der Waals surface area contributed by atoms with Crippen LogP contribution in [-0.4, -0.2) is 34.2 Å².